The standard InChI is InChI=1S/C55H91N2O7P/c1-6-8-10-12-14-16-18-20-21-22-23-24-25-26-27-28-29-30-31-32-33-34-35-36-38-40-42-44-46-48-54(59)56-52(51-64-65(61,62)63-50-49-57(3,4)5)55(60)53(58)47-45-43-41-39-37-19-17-15-13-11-9-7-2/h7-10,14-17,20-21,23-24,26-27,29-30,32-33,35-36,39,41,52-53,55,58,60H,6,11-13,18-19,22,25,28,31,34,37-38,40,42-51H2,1-5H3,(H-,56,59,61,62)/b9-7+,10-8-,16-14-,17-15+,21-20-,24-23-,27-26-,30-29-,33-32-,36-35-,41-39+. The average Bonchev–Trinajstić information content (AvgIpc) is 3.26. The molecule has 0 heterocycles. The van der Waals surface area contributed by atoms with Gasteiger partial charge < -0.3 is 34.0 Å². The maximum atomic E-state index is 12.9. The van der Waals surface area contributed by atoms with Crippen LogP contribution >= 0.6 is 7.82 Å². The second kappa shape index (κ2) is 44.4. The second-order valence-electron chi connectivity index (χ2n) is 17.2. The van der Waals surface area contributed by atoms with Gasteiger partial charge in [-0.1, -0.05) is 153 Å². The first-order chi connectivity index (χ1) is 31.4. The van der Waals surface area contributed by atoms with Crippen LogP contribution < -0.4 is 10.2 Å². The lowest BCUT2D eigenvalue weighted by atomic mass is 10.0. The van der Waals surface area contributed by atoms with E-state index in [2.05, 4.69) is 146 Å². The lowest BCUT2D eigenvalue weighted by Gasteiger charge is -2.31. The minimum Gasteiger partial charge on any atom is -0.756 e. The highest BCUT2D eigenvalue weighted by Crippen LogP contribution is 2.38. The van der Waals surface area contributed by atoms with E-state index in [4.69, 9.17) is 9.05 Å². The molecule has 9 nitrogen and oxygen atoms in total. The number of carbonyl (C=O) groups is 1. The Balaban J connectivity index is 4.46. The molecule has 0 saturated carbocycles. The molecule has 0 rings (SSSR count). The summed E-state index contributed by atoms with van der Waals surface area (Å²) >= 11 is 0. The Morgan fingerprint density at radius 2 is 1.00 bits per heavy atom. The average molecular weight is 923 g/mol. The van der Waals surface area contributed by atoms with E-state index >= 15 is 0 Å². The van der Waals surface area contributed by atoms with Crippen LogP contribution in [0.5, 0.6) is 0 Å². The van der Waals surface area contributed by atoms with E-state index < -0.39 is 32.7 Å². The second-order valence-corrected chi connectivity index (χ2v) is 18.6. The minimum atomic E-state index is -4.70. The first kappa shape index (κ1) is 61.6. The number of nitrogens with one attached hydrogen (secondary N) is 1. The largest absolute Gasteiger partial charge is 0.756 e. The summed E-state index contributed by atoms with van der Waals surface area (Å²) in [4.78, 5) is 25.4. The molecule has 0 fully saturated rings. The highest BCUT2D eigenvalue weighted by molar-refractivity contribution is 7.45. The van der Waals surface area contributed by atoms with Crippen molar-refractivity contribution in [1.29, 1.82) is 0 Å². The number of rotatable bonds is 42. The minimum absolute atomic E-state index is 0.0641. The topological polar surface area (TPSA) is 128 Å². The normalized spacial score (nSPS) is 15.8. The van der Waals surface area contributed by atoms with E-state index in [9.17, 15) is 24.5 Å². The molecule has 0 radical (unpaired) electrons. The summed E-state index contributed by atoms with van der Waals surface area (Å²) in [5.41, 5.74) is 0. The zero-order valence-electron chi connectivity index (χ0n) is 41.2. The van der Waals surface area contributed by atoms with Crippen LogP contribution in [0.25, 0.3) is 0 Å². The number of aliphatic hydroxyl groups excluding tert-OH is 2. The van der Waals surface area contributed by atoms with Crippen LogP contribution in [0.2, 0.25) is 0 Å². The van der Waals surface area contributed by atoms with Gasteiger partial charge in [-0.25, -0.2) is 0 Å². The summed E-state index contributed by atoms with van der Waals surface area (Å²) in [6, 6.07) is -1.12. The van der Waals surface area contributed by atoms with Crippen LogP contribution in [0, 0.1) is 0 Å². The Labute approximate surface area is 397 Å². The number of phosphoric acid groups is 1. The number of aliphatic hydroxyl groups is 2. The van der Waals surface area contributed by atoms with Crippen LogP contribution in [0.15, 0.2) is 134 Å². The van der Waals surface area contributed by atoms with Gasteiger partial charge in [0.2, 0.25) is 5.91 Å². The van der Waals surface area contributed by atoms with E-state index in [1.54, 1.807) is 0 Å². The molecule has 0 bridgehead atoms. The van der Waals surface area contributed by atoms with E-state index in [1.807, 2.05) is 28.1 Å². The van der Waals surface area contributed by atoms with Crippen LogP contribution in [-0.4, -0.2) is 79.8 Å². The number of amides is 1. The van der Waals surface area contributed by atoms with Crippen LogP contribution in [0.1, 0.15) is 149 Å². The van der Waals surface area contributed by atoms with Gasteiger partial charge in [-0.3, -0.25) is 9.36 Å². The number of nitrogens with zero attached hydrogens (tertiary/aromatic N) is 1. The van der Waals surface area contributed by atoms with Crippen molar-refractivity contribution >= 4 is 13.7 Å². The summed E-state index contributed by atoms with van der Waals surface area (Å²) in [5.74, 6) is -0.328. The number of unbranched alkanes of at least 4 members (excludes halogenated alkanes) is 7. The van der Waals surface area contributed by atoms with Crippen molar-refractivity contribution in [3.05, 3.63) is 134 Å². The molecule has 3 N–H and O–H groups in total. The summed E-state index contributed by atoms with van der Waals surface area (Å²) in [7, 11) is 1.05. The number of hydrogen-bond acceptors (Lipinski definition) is 7. The Morgan fingerprint density at radius 1 is 0.585 bits per heavy atom. The van der Waals surface area contributed by atoms with Crippen LogP contribution in [-0.2, 0) is 18.4 Å². The SMILES string of the molecule is C/C=C/CC/C=C/CC/C=C/CCCC(O)C(O)C(COP(=O)([O-])OCC[N+](C)(C)C)NC(=O)CCCCCC/C=C\C/C=C\C/C=C\C/C=C\C/C=C\C/C=C\C/C=C\C/C=C\CC. The van der Waals surface area contributed by atoms with Gasteiger partial charge in [-0.05, 0) is 122 Å². The van der Waals surface area contributed by atoms with Crippen molar-refractivity contribution in [2.24, 2.45) is 0 Å². The van der Waals surface area contributed by atoms with Crippen LogP contribution in [0.3, 0.4) is 0 Å². The van der Waals surface area contributed by atoms with Gasteiger partial charge in [0.15, 0.2) is 0 Å². The van der Waals surface area contributed by atoms with Gasteiger partial charge in [0.05, 0.1) is 39.9 Å². The first-order valence-corrected chi connectivity index (χ1v) is 26.0. The highest BCUT2D eigenvalue weighted by Gasteiger charge is 2.29. The molecule has 10 heteroatoms. The summed E-state index contributed by atoms with van der Waals surface area (Å²) < 4.78 is 23.1. The molecular formula is C55H91N2O7P. The summed E-state index contributed by atoms with van der Waals surface area (Å²) in [6.07, 6.45) is 63.7. The van der Waals surface area contributed by atoms with E-state index in [0.29, 0.717) is 23.9 Å². The summed E-state index contributed by atoms with van der Waals surface area (Å²) in [5, 5.41) is 24.6. The quantitative estimate of drug-likeness (QED) is 0.0241. The van der Waals surface area contributed by atoms with Gasteiger partial charge in [0.1, 0.15) is 19.3 Å². The van der Waals surface area contributed by atoms with Gasteiger partial charge >= 0.3 is 0 Å². The predicted molar refractivity (Wildman–Crippen MR) is 275 cm³/mol. The molecule has 0 aliphatic carbocycles. The van der Waals surface area contributed by atoms with Crippen molar-refractivity contribution in [3.8, 4) is 0 Å². The predicted octanol–water partition coefficient (Wildman–Crippen LogP) is 12.8. The molecule has 65 heavy (non-hydrogen) atoms. The molecule has 0 aliphatic heterocycles. The number of likely N-dealkylation sites (N-methyl/N-ethyl adjacent to an activating group) is 1. The molecule has 4 atom stereocenters. The smallest absolute Gasteiger partial charge is 0.268 e. The third-order valence-electron chi connectivity index (χ3n) is 10.0. The van der Waals surface area contributed by atoms with E-state index in [1.165, 1.54) is 0 Å². The molecule has 0 aromatic heterocycles. The van der Waals surface area contributed by atoms with E-state index in [0.717, 1.165) is 109 Å². The van der Waals surface area contributed by atoms with Crippen LogP contribution in [0.4, 0.5) is 0 Å². The molecular weight excluding hydrogens is 832 g/mol. The summed E-state index contributed by atoms with van der Waals surface area (Å²) in [6.45, 7) is 4.02. The fraction of sp³-hybridized carbons (Fsp3) is 0.582. The first-order valence-electron chi connectivity index (χ1n) is 24.6. The monoisotopic (exact) mass is 923 g/mol. The van der Waals surface area contributed by atoms with Gasteiger partial charge in [0.25, 0.3) is 7.82 Å². The molecule has 4 unspecified atom stereocenters. The molecule has 0 aliphatic rings. The number of phosphoric ester groups is 1. The number of allylic oxidation sites excluding steroid dienone is 22. The lowest BCUT2D eigenvalue weighted by Crippen LogP contribution is -2.51. The molecule has 1 amide bonds. The Hall–Kier alpha value is -3.40. The zero-order valence-corrected chi connectivity index (χ0v) is 42.1. The maximum Gasteiger partial charge on any atom is 0.268 e. The highest BCUT2D eigenvalue weighted by atomic mass is 31.2. The Kier molecular flexibility index (Phi) is 42.1. The van der Waals surface area contributed by atoms with Gasteiger partial charge in [-0.2, -0.15) is 0 Å². The third-order valence-corrected chi connectivity index (χ3v) is 11.0. The zero-order chi connectivity index (χ0) is 48.0. The van der Waals surface area contributed by atoms with Crippen molar-refractivity contribution in [2.45, 2.75) is 167 Å². The van der Waals surface area contributed by atoms with Crippen molar-refractivity contribution in [1.82, 2.24) is 5.32 Å². The fourth-order valence-electron chi connectivity index (χ4n) is 6.13. The fourth-order valence-corrected chi connectivity index (χ4v) is 6.85. The lowest BCUT2D eigenvalue weighted by molar-refractivity contribution is -0.870. The molecule has 0 spiro atoms. The third kappa shape index (κ3) is 45.5. The van der Waals surface area contributed by atoms with Gasteiger partial charge in [0, 0.05) is 6.42 Å². The van der Waals surface area contributed by atoms with Crippen molar-refractivity contribution in [2.75, 3.05) is 40.9 Å². The number of carbonyl (C=O) groups excluding carboxylic acids is 1. The number of hydrogen-bond donors (Lipinski definition) is 3. The molecule has 0 aromatic rings. The Morgan fingerprint density at radius 3 is 1.48 bits per heavy atom. The Bertz CT molecular complexity index is 1530. The van der Waals surface area contributed by atoms with Gasteiger partial charge in [-0.15, -0.1) is 0 Å². The van der Waals surface area contributed by atoms with Crippen molar-refractivity contribution < 1.29 is 38.0 Å². The molecule has 368 valence electrons. The molecule has 0 aromatic carbocycles. The van der Waals surface area contributed by atoms with Crippen molar-refractivity contribution in [3.63, 3.8) is 0 Å². The van der Waals surface area contributed by atoms with E-state index in [-0.39, 0.29) is 25.4 Å². The molecule has 0 saturated heterocycles. The number of quaternary nitrogens is 1. The maximum absolute atomic E-state index is 12.9.